The molecule has 0 saturated carbocycles. The van der Waals surface area contributed by atoms with Gasteiger partial charge in [-0.15, -0.1) is 6.58 Å². The van der Waals surface area contributed by atoms with E-state index < -0.39 is 0 Å². The third-order valence-electron chi connectivity index (χ3n) is 5.05. The van der Waals surface area contributed by atoms with Gasteiger partial charge in [-0.25, -0.2) is 0 Å². The van der Waals surface area contributed by atoms with Crippen LogP contribution in [0.1, 0.15) is 11.1 Å². The largest absolute Gasteiger partial charge is 0.493 e. The quantitative estimate of drug-likeness (QED) is 0.690. The predicted molar refractivity (Wildman–Crippen MR) is 112 cm³/mol. The fourth-order valence-corrected chi connectivity index (χ4v) is 3.47. The number of para-hydroxylation sites is 1. The van der Waals surface area contributed by atoms with Gasteiger partial charge < -0.3 is 19.3 Å². The zero-order valence-corrected chi connectivity index (χ0v) is 16.7. The van der Waals surface area contributed by atoms with E-state index in [1.54, 1.807) is 7.11 Å². The monoisotopic (exact) mass is 380 g/mol. The van der Waals surface area contributed by atoms with E-state index in [0.29, 0.717) is 24.6 Å². The molecule has 5 nitrogen and oxygen atoms in total. The predicted octanol–water partition coefficient (Wildman–Crippen LogP) is 3.46. The van der Waals surface area contributed by atoms with Crippen LogP contribution in [0.25, 0.3) is 0 Å². The van der Waals surface area contributed by atoms with E-state index in [9.17, 15) is 4.79 Å². The van der Waals surface area contributed by atoms with Crippen LogP contribution < -0.4 is 14.4 Å². The fourth-order valence-electron chi connectivity index (χ4n) is 3.47. The van der Waals surface area contributed by atoms with Crippen molar-refractivity contribution in [3.63, 3.8) is 0 Å². The molecule has 0 aliphatic carbocycles. The normalized spacial score (nSPS) is 13.9. The number of aryl methyl sites for hydroxylation is 1. The highest BCUT2D eigenvalue weighted by molar-refractivity contribution is 5.78. The Bertz CT molecular complexity index is 826. The van der Waals surface area contributed by atoms with Crippen LogP contribution in [-0.2, 0) is 11.2 Å². The molecule has 1 aliphatic heterocycles. The van der Waals surface area contributed by atoms with Gasteiger partial charge in [0.15, 0.2) is 18.1 Å². The number of carbonyl (C=O) groups excluding carboxylic acids is 1. The Balaban J connectivity index is 1.54. The van der Waals surface area contributed by atoms with Crippen molar-refractivity contribution in [3.05, 3.63) is 66.2 Å². The number of carbonyl (C=O) groups is 1. The number of benzene rings is 2. The van der Waals surface area contributed by atoms with Crippen molar-refractivity contribution in [1.82, 2.24) is 4.90 Å². The summed E-state index contributed by atoms with van der Waals surface area (Å²) < 4.78 is 11.1. The highest BCUT2D eigenvalue weighted by atomic mass is 16.5. The molecule has 1 amide bonds. The number of methoxy groups -OCH3 is 1. The average molecular weight is 380 g/mol. The second kappa shape index (κ2) is 9.31. The molecule has 0 atom stereocenters. The lowest BCUT2D eigenvalue weighted by molar-refractivity contribution is -0.133. The molecule has 0 spiro atoms. The van der Waals surface area contributed by atoms with Gasteiger partial charge in [0, 0.05) is 31.9 Å². The van der Waals surface area contributed by atoms with E-state index in [1.807, 2.05) is 35.2 Å². The van der Waals surface area contributed by atoms with Gasteiger partial charge in [0.25, 0.3) is 5.91 Å². The highest BCUT2D eigenvalue weighted by Crippen LogP contribution is 2.28. The zero-order chi connectivity index (χ0) is 19.9. The summed E-state index contributed by atoms with van der Waals surface area (Å²) in [5.74, 6) is 1.22. The number of anilines is 1. The second-order valence-electron chi connectivity index (χ2n) is 6.92. The first-order chi connectivity index (χ1) is 13.6. The zero-order valence-electron chi connectivity index (χ0n) is 16.7. The maximum absolute atomic E-state index is 12.6. The molecule has 1 fully saturated rings. The molecule has 0 radical (unpaired) electrons. The van der Waals surface area contributed by atoms with Crippen LogP contribution in [0.2, 0.25) is 0 Å². The van der Waals surface area contributed by atoms with E-state index in [-0.39, 0.29) is 12.5 Å². The molecule has 1 aliphatic rings. The van der Waals surface area contributed by atoms with Crippen molar-refractivity contribution in [3.8, 4) is 11.5 Å². The topological polar surface area (TPSA) is 42.0 Å². The Labute approximate surface area is 167 Å². The number of ether oxygens (including phenoxy) is 2. The van der Waals surface area contributed by atoms with Crippen molar-refractivity contribution < 1.29 is 14.3 Å². The Morgan fingerprint density at radius 2 is 1.86 bits per heavy atom. The number of amides is 1. The van der Waals surface area contributed by atoms with Crippen LogP contribution in [-0.4, -0.2) is 50.7 Å². The maximum Gasteiger partial charge on any atom is 0.260 e. The van der Waals surface area contributed by atoms with Gasteiger partial charge in [-0.2, -0.15) is 0 Å². The molecular formula is C23H28N2O3. The Hall–Kier alpha value is -2.95. The van der Waals surface area contributed by atoms with Crippen molar-refractivity contribution in [2.45, 2.75) is 13.3 Å². The average Bonchev–Trinajstić information content (AvgIpc) is 2.73. The summed E-state index contributed by atoms with van der Waals surface area (Å²) in [5.41, 5.74) is 3.60. The molecule has 2 aromatic carbocycles. The lowest BCUT2D eigenvalue weighted by Gasteiger charge is -2.36. The van der Waals surface area contributed by atoms with E-state index in [1.165, 1.54) is 11.3 Å². The van der Waals surface area contributed by atoms with E-state index in [0.717, 1.165) is 25.1 Å². The standard InChI is InChI=1S/C23H28N2O3/c1-4-7-19-10-11-21(22(16-19)27-3)28-17-23(26)25-14-12-24(13-15-25)20-9-6-5-8-18(20)2/h4-6,8-11,16H,1,7,12-15,17H2,2-3H3. The molecule has 0 bridgehead atoms. The number of rotatable bonds is 7. The molecule has 28 heavy (non-hydrogen) atoms. The first kappa shape index (κ1) is 19.8. The summed E-state index contributed by atoms with van der Waals surface area (Å²) >= 11 is 0. The van der Waals surface area contributed by atoms with Crippen LogP contribution in [0, 0.1) is 6.92 Å². The Morgan fingerprint density at radius 3 is 2.54 bits per heavy atom. The van der Waals surface area contributed by atoms with E-state index in [2.05, 4.69) is 36.6 Å². The minimum atomic E-state index is 0.00153. The van der Waals surface area contributed by atoms with Crippen molar-refractivity contribution >= 4 is 11.6 Å². The van der Waals surface area contributed by atoms with Gasteiger partial charge in [-0.05, 0) is 42.7 Å². The van der Waals surface area contributed by atoms with Crippen LogP contribution >= 0.6 is 0 Å². The molecule has 2 aromatic rings. The van der Waals surface area contributed by atoms with Gasteiger partial charge in [0.05, 0.1) is 7.11 Å². The molecule has 5 heteroatoms. The van der Waals surface area contributed by atoms with E-state index in [4.69, 9.17) is 9.47 Å². The number of allylic oxidation sites excluding steroid dienone is 1. The molecule has 0 unspecified atom stereocenters. The first-order valence-electron chi connectivity index (χ1n) is 9.61. The molecule has 1 saturated heterocycles. The number of hydrogen-bond acceptors (Lipinski definition) is 4. The third kappa shape index (κ3) is 4.66. The van der Waals surface area contributed by atoms with Crippen LogP contribution in [0.15, 0.2) is 55.1 Å². The maximum atomic E-state index is 12.6. The van der Waals surface area contributed by atoms with E-state index >= 15 is 0 Å². The number of piperazine rings is 1. The Kier molecular flexibility index (Phi) is 6.58. The number of hydrogen-bond donors (Lipinski definition) is 0. The fraction of sp³-hybridized carbons (Fsp3) is 0.348. The minimum absolute atomic E-state index is 0.00153. The summed E-state index contributed by atoms with van der Waals surface area (Å²) in [4.78, 5) is 16.8. The molecule has 148 valence electrons. The van der Waals surface area contributed by atoms with Gasteiger partial charge in [-0.3, -0.25) is 4.79 Å². The van der Waals surface area contributed by atoms with Crippen molar-refractivity contribution in [1.29, 1.82) is 0 Å². The first-order valence-corrected chi connectivity index (χ1v) is 9.61. The van der Waals surface area contributed by atoms with Gasteiger partial charge in [0.1, 0.15) is 0 Å². The molecule has 3 rings (SSSR count). The third-order valence-corrected chi connectivity index (χ3v) is 5.05. The molecular weight excluding hydrogens is 352 g/mol. The van der Waals surface area contributed by atoms with Gasteiger partial charge in [-0.1, -0.05) is 30.3 Å². The summed E-state index contributed by atoms with van der Waals surface area (Å²) in [6, 6.07) is 14.1. The van der Waals surface area contributed by atoms with Crippen molar-refractivity contribution in [2.24, 2.45) is 0 Å². The summed E-state index contributed by atoms with van der Waals surface area (Å²) in [7, 11) is 1.60. The van der Waals surface area contributed by atoms with Gasteiger partial charge in [0.2, 0.25) is 0 Å². The smallest absolute Gasteiger partial charge is 0.260 e. The SMILES string of the molecule is C=CCc1ccc(OCC(=O)N2CCN(c3ccccc3C)CC2)c(OC)c1. The molecule has 1 heterocycles. The summed E-state index contributed by atoms with van der Waals surface area (Å²) in [6.07, 6.45) is 2.61. The summed E-state index contributed by atoms with van der Waals surface area (Å²) in [5, 5.41) is 0. The van der Waals surface area contributed by atoms with Crippen LogP contribution in [0.3, 0.4) is 0 Å². The number of nitrogens with zero attached hydrogens (tertiary/aromatic N) is 2. The minimum Gasteiger partial charge on any atom is -0.493 e. The highest BCUT2D eigenvalue weighted by Gasteiger charge is 2.22. The van der Waals surface area contributed by atoms with Crippen molar-refractivity contribution in [2.75, 3.05) is 44.8 Å². The molecule has 0 aromatic heterocycles. The Morgan fingerprint density at radius 1 is 1.11 bits per heavy atom. The molecule has 0 N–H and O–H groups in total. The van der Waals surface area contributed by atoms with Crippen LogP contribution in [0.4, 0.5) is 5.69 Å². The summed E-state index contributed by atoms with van der Waals surface area (Å²) in [6.45, 7) is 8.94. The van der Waals surface area contributed by atoms with Gasteiger partial charge >= 0.3 is 0 Å². The van der Waals surface area contributed by atoms with Crippen LogP contribution in [0.5, 0.6) is 11.5 Å². The lowest BCUT2D eigenvalue weighted by atomic mass is 10.1. The lowest BCUT2D eigenvalue weighted by Crippen LogP contribution is -2.50. The second-order valence-corrected chi connectivity index (χ2v) is 6.92.